The topological polar surface area (TPSA) is 106 Å². The van der Waals surface area contributed by atoms with E-state index in [1.165, 1.54) is 0 Å². The summed E-state index contributed by atoms with van der Waals surface area (Å²) in [7, 11) is 0. The van der Waals surface area contributed by atoms with Gasteiger partial charge in [-0.05, 0) is 0 Å². The average molecular weight is 168 g/mol. The molecule has 0 aliphatic carbocycles. The molecule has 7 heteroatoms. The van der Waals surface area contributed by atoms with Gasteiger partial charge < -0.3 is 15.7 Å². The number of rotatable bonds is 2. The summed E-state index contributed by atoms with van der Waals surface area (Å²) < 4.78 is 0. The molecular formula is C3H6Na2O5+2. The predicted octanol–water partition coefficient (Wildman–Crippen LogP) is -7.27. The van der Waals surface area contributed by atoms with Crippen LogP contribution in [0.15, 0.2) is 0 Å². The smallest absolute Gasteiger partial charge is 0.481 e. The fourth-order valence-electron chi connectivity index (χ4n) is 0.129. The van der Waals surface area contributed by atoms with Crippen LogP contribution in [0, 0.1) is 0 Å². The van der Waals surface area contributed by atoms with Gasteiger partial charge in [-0.25, -0.2) is 0 Å². The molecule has 0 saturated heterocycles. The normalized spacial score (nSPS) is 5.60. The van der Waals surface area contributed by atoms with Crippen molar-refractivity contribution in [3.05, 3.63) is 0 Å². The average Bonchev–Trinajstić information content (AvgIpc) is 1.27. The summed E-state index contributed by atoms with van der Waals surface area (Å²) in [6.45, 7) is 0. The van der Waals surface area contributed by atoms with Gasteiger partial charge in [-0.15, -0.1) is 0 Å². The third kappa shape index (κ3) is 23.1. The number of carbonyl (C=O) groups is 2. The Morgan fingerprint density at radius 2 is 1.20 bits per heavy atom. The Labute approximate surface area is 102 Å². The number of aliphatic carboxylic acids is 2. The zero-order valence-corrected chi connectivity index (χ0v) is 9.92. The van der Waals surface area contributed by atoms with Crippen molar-refractivity contribution in [3.8, 4) is 0 Å². The van der Waals surface area contributed by atoms with Gasteiger partial charge in [-0.2, -0.15) is 0 Å². The maximum atomic E-state index is 9.43. The summed E-state index contributed by atoms with van der Waals surface area (Å²) in [6, 6.07) is 0. The van der Waals surface area contributed by atoms with Crippen LogP contribution in [0.2, 0.25) is 0 Å². The molecule has 0 amide bonds. The second-order valence-electron chi connectivity index (χ2n) is 0.964. The van der Waals surface area contributed by atoms with Gasteiger partial charge in [0.2, 0.25) is 0 Å². The van der Waals surface area contributed by atoms with E-state index in [1.807, 2.05) is 0 Å². The minimum absolute atomic E-state index is 0. The Morgan fingerprint density at radius 1 is 1.00 bits per heavy atom. The van der Waals surface area contributed by atoms with Crippen molar-refractivity contribution in [2.24, 2.45) is 0 Å². The number of hydrogen-bond donors (Lipinski definition) is 2. The molecule has 5 nitrogen and oxygen atoms in total. The third-order valence-corrected chi connectivity index (χ3v) is 0.302. The van der Waals surface area contributed by atoms with Gasteiger partial charge in [-0.3, -0.25) is 9.59 Å². The van der Waals surface area contributed by atoms with Crippen LogP contribution >= 0.6 is 0 Å². The van der Waals surface area contributed by atoms with Crippen molar-refractivity contribution in [1.82, 2.24) is 0 Å². The first kappa shape index (κ1) is 22.4. The van der Waals surface area contributed by atoms with E-state index in [-0.39, 0.29) is 64.6 Å². The molecule has 0 aliphatic rings. The molecule has 0 aliphatic heterocycles. The summed E-state index contributed by atoms with van der Waals surface area (Å²) in [4.78, 5) is 18.9. The fourth-order valence-corrected chi connectivity index (χ4v) is 0.129. The Kier molecular flexibility index (Phi) is 28.2. The van der Waals surface area contributed by atoms with Crippen molar-refractivity contribution < 1.29 is 84.4 Å². The zero-order valence-electron chi connectivity index (χ0n) is 5.92. The van der Waals surface area contributed by atoms with Crippen LogP contribution in [-0.4, -0.2) is 27.6 Å². The Bertz CT molecular complexity index is 91.1. The van der Waals surface area contributed by atoms with E-state index in [9.17, 15) is 9.59 Å². The molecule has 0 atom stereocenters. The first-order valence-electron chi connectivity index (χ1n) is 1.56. The number of carboxylic acid groups (broad SMARTS) is 2. The summed E-state index contributed by atoms with van der Waals surface area (Å²) in [5.74, 6) is -2.62. The van der Waals surface area contributed by atoms with E-state index < -0.39 is 18.4 Å². The molecular weight excluding hydrogens is 162 g/mol. The SMILES string of the molecule is O.O=C(O)CC(=O)O.[Na+].[Na+]. The molecule has 0 aromatic rings. The van der Waals surface area contributed by atoms with Gasteiger partial charge in [0.1, 0.15) is 6.42 Å². The standard InChI is InChI=1S/C3H4O4.2Na.H2O/c4-2(5)1-3(6)7;;;/h1H2,(H,4,5)(H,6,7);;;1H2/q;2*+1;. The van der Waals surface area contributed by atoms with Crippen molar-refractivity contribution in [2.75, 3.05) is 0 Å². The first-order valence-corrected chi connectivity index (χ1v) is 1.56. The van der Waals surface area contributed by atoms with Crippen LogP contribution < -0.4 is 59.1 Å². The van der Waals surface area contributed by atoms with E-state index in [2.05, 4.69) is 0 Å². The molecule has 0 rings (SSSR count). The van der Waals surface area contributed by atoms with E-state index in [1.54, 1.807) is 0 Å². The van der Waals surface area contributed by atoms with E-state index in [4.69, 9.17) is 10.2 Å². The molecule has 0 radical (unpaired) electrons. The van der Waals surface area contributed by atoms with Gasteiger partial charge >= 0.3 is 71.1 Å². The molecule has 0 bridgehead atoms. The van der Waals surface area contributed by atoms with Crippen LogP contribution in [-0.2, 0) is 9.59 Å². The molecule has 10 heavy (non-hydrogen) atoms. The summed E-state index contributed by atoms with van der Waals surface area (Å²) >= 11 is 0. The maximum absolute atomic E-state index is 9.43. The van der Waals surface area contributed by atoms with Gasteiger partial charge in [0.15, 0.2) is 0 Å². The second-order valence-corrected chi connectivity index (χ2v) is 0.964. The van der Waals surface area contributed by atoms with Crippen molar-refractivity contribution in [1.29, 1.82) is 0 Å². The van der Waals surface area contributed by atoms with Gasteiger partial charge in [-0.1, -0.05) is 0 Å². The quantitative estimate of drug-likeness (QED) is 0.315. The van der Waals surface area contributed by atoms with Crippen LogP contribution in [0.5, 0.6) is 0 Å². The van der Waals surface area contributed by atoms with Crippen LogP contribution in [0.4, 0.5) is 0 Å². The molecule has 0 saturated carbocycles. The fraction of sp³-hybridized carbons (Fsp3) is 0.333. The van der Waals surface area contributed by atoms with Gasteiger partial charge in [0.25, 0.3) is 0 Å². The molecule has 0 unspecified atom stereocenters. The largest absolute Gasteiger partial charge is 1.00 e. The molecule has 0 fully saturated rings. The minimum Gasteiger partial charge on any atom is -0.481 e. The van der Waals surface area contributed by atoms with Crippen LogP contribution in [0.3, 0.4) is 0 Å². The van der Waals surface area contributed by atoms with E-state index >= 15 is 0 Å². The molecule has 0 aromatic carbocycles. The Balaban J connectivity index is -0.0000000600. The van der Waals surface area contributed by atoms with Crippen LogP contribution in [0.25, 0.3) is 0 Å². The van der Waals surface area contributed by atoms with Crippen molar-refractivity contribution in [2.45, 2.75) is 6.42 Å². The molecule has 4 N–H and O–H groups in total. The Hall–Kier alpha value is 0.900. The molecule has 48 valence electrons. The van der Waals surface area contributed by atoms with Gasteiger partial charge in [0.05, 0.1) is 0 Å². The summed E-state index contributed by atoms with van der Waals surface area (Å²) in [5.41, 5.74) is 0. The number of carboxylic acids is 2. The predicted molar refractivity (Wildman–Crippen MR) is 23.5 cm³/mol. The summed E-state index contributed by atoms with van der Waals surface area (Å²) in [6.07, 6.45) is -0.806. The zero-order chi connectivity index (χ0) is 5.86. The maximum Gasteiger partial charge on any atom is 1.00 e. The van der Waals surface area contributed by atoms with E-state index in [0.717, 1.165) is 0 Å². The van der Waals surface area contributed by atoms with Crippen molar-refractivity contribution >= 4 is 11.9 Å². The Morgan fingerprint density at radius 3 is 1.20 bits per heavy atom. The molecule has 0 heterocycles. The first-order chi connectivity index (χ1) is 3.13. The molecule has 0 spiro atoms. The molecule has 0 aromatic heterocycles. The summed E-state index contributed by atoms with van der Waals surface area (Å²) in [5, 5.41) is 15.4. The van der Waals surface area contributed by atoms with Crippen LogP contribution in [0.1, 0.15) is 6.42 Å². The van der Waals surface area contributed by atoms with Gasteiger partial charge in [0, 0.05) is 0 Å². The monoisotopic (exact) mass is 168 g/mol. The van der Waals surface area contributed by atoms with Crippen molar-refractivity contribution in [3.63, 3.8) is 0 Å². The third-order valence-electron chi connectivity index (χ3n) is 0.302. The number of hydrogen-bond acceptors (Lipinski definition) is 2. The second kappa shape index (κ2) is 12.6. The minimum atomic E-state index is -1.31. The van der Waals surface area contributed by atoms with E-state index in [0.29, 0.717) is 0 Å².